The van der Waals surface area contributed by atoms with Crippen molar-refractivity contribution in [3.05, 3.63) is 83.9 Å². The molecule has 0 spiro atoms. The number of rotatable bonds is 26. The summed E-state index contributed by atoms with van der Waals surface area (Å²) in [5, 5.41) is 49.0. The lowest BCUT2D eigenvalue weighted by atomic mass is 10.1. The van der Waals surface area contributed by atoms with Crippen LogP contribution in [0, 0.1) is 0 Å². The highest BCUT2D eigenvalue weighted by Crippen LogP contribution is 2.36. The van der Waals surface area contributed by atoms with E-state index in [1.807, 2.05) is 27.7 Å². The van der Waals surface area contributed by atoms with E-state index < -0.39 is 45.0 Å². The van der Waals surface area contributed by atoms with Gasteiger partial charge >= 0.3 is 0 Å². The Balaban J connectivity index is 1.32. The fourth-order valence-electron chi connectivity index (χ4n) is 6.09. The molecule has 0 fully saturated rings. The highest BCUT2D eigenvalue weighted by molar-refractivity contribution is 7.95. The van der Waals surface area contributed by atoms with Gasteiger partial charge in [0, 0.05) is 47.3 Å². The van der Waals surface area contributed by atoms with Crippen molar-refractivity contribution in [1.29, 1.82) is 0 Å². The molecule has 0 radical (unpaired) electrons. The molecule has 0 atom stereocenters. The molecule has 2 aromatic heterocycles. The van der Waals surface area contributed by atoms with E-state index in [2.05, 4.69) is 75.0 Å². The molecule has 2 heterocycles. The Morgan fingerprint density at radius 2 is 0.974 bits per heavy atom. The van der Waals surface area contributed by atoms with Crippen LogP contribution in [0.4, 0.5) is 58.4 Å². The maximum absolute atomic E-state index is 12.9. The molecule has 0 saturated heterocycles. The first-order valence-corrected chi connectivity index (χ1v) is 27.6. The summed E-state index contributed by atoms with van der Waals surface area (Å²) in [6.45, 7) is 7.39. The number of hydrogen-bond acceptors (Lipinski definition) is 30. The quantitative estimate of drug-likeness (QED) is 0.00810. The van der Waals surface area contributed by atoms with Crippen LogP contribution < -0.4 is 31.1 Å². The Kier molecular flexibility index (Phi) is 20.1. The van der Waals surface area contributed by atoms with Gasteiger partial charge in [0.1, 0.15) is 9.79 Å². The number of benzene rings is 4. The van der Waals surface area contributed by atoms with Gasteiger partial charge in [-0.05, 0) is 99.5 Å². The zero-order valence-corrected chi connectivity index (χ0v) is 44.7. The number of aromatic nitrogens is 6. The SMILES string of the molecule is CC(C)N(C)c1nc(Nc2ccc(/C=C/c3ccc(Nc4nc(Nc5cc(SOOO)ccc5S(=O)(=O)O)nc(N(C)C(C)C)n4)cc3SOOO)c(S(=O)(=O)O)c2)nc(Nc2cc(S(=O)(=O)O)ccc2SOOO)n1. The van der Waals surface area contributed by atoms with E-state index in [1.165, 1.54) is 48.6 Å². The van der Waals surface area contributed by atoms with Crippen LogP contribution in [0.5, 0.6) is 0 Å². The van der Waals surface area contributed by atoms with Gasteiger partial charge in [0.05, 0.1) is 57.3 Å². The Morgan fingerprint density at radius 1 is 0.500 bits per heavy atom. The molecular formula is C40H44N12O18S6. The second kappa shape index (κ2) is 25.8. The Labute approximate surface area is 445 Å². The average Bonchev–Trinajstić information content (AvgIpc) is 3.35. The second-order valence-electron chi connectivity index (χ2n) is 15.7. The lowest BCUT2D eigenvalue weighted by molar-refractivity contribution is -0.432. The normalized spacial score (nSPS) is 12.1. The molecular weight excluding hydrogens is 1130 g/mol. The lowest BCUT2D eigenvalue weighted by Gasteiger charge is -2.22. The highest BCUT2D eigenvalue weighted by Gasteiger charge is 2.23. The monoisotopic (exact) mass is 1170 g/mol. The van der Waals surface area contributed by atoms with Crippen molar-refractivity contribution >= 4 is 137 Å². The van der Waals surface area contributed by atoms with Crippen LogP contribution in [-0.2, 0) is 58.5 Å². The highest BCUT2D eigenvalue weighted by atomic mass is 32.2. The molecule has 0 bridgehead atoms. The van der Waals surface area contributed by atoms with Crippen LogP contribution in [0.1, 0.15) is 38.8 Å². The minimum Gasteiger partial charge on any atom is -0.341 e. The standard InChI is InChI=1S/C40H44N12O18S6/c1-21(2)51(5)39-48-36(45-37(49-39)43-29-20-28(74(56,57)58)14-15-31(29)72-69-66-54)42-26-12-10-24(34(18-26)76(62,63)64)8-7-23-9-11-25(17-32(23)73-70-67-55)41-35-46-38(50-40(47-35)52(6)22(3)4)44-30-19-27(71-68-65-53)13-16-33(30)75(59,60)61/h7-22,53-55H,1-6H3,(H,56,57,58)(H,59,60,61)(H,62,63,64)(H2,41,44,46,47,50)(H2,42,43,45,48,49)/b8-7+. The predicted octanol–water partition coefficient (Wildman–Crippen LogP) is 7.92. The zero-order valence-electron chi connectivity index (χ0n) is 39.8. The van der Waals surface area contributed by atoms with E-state index in [1.54, 1.807) is 36.0 Å². The Hall–Kier alpha value is -6.14. The number of anilines is 10. The van der Waals surface area contributed by atoms with Crippen LogP contribution in [0.3, 0.4) is 0 Å². The fraction of sp³-hybridized carbons (Fsp3) is 0.200. The van der Waals surface area contributed by atoms with E-state index in [4.69, 9.17) is 20.1 Å². The van der Waals surface area contributed by atoms with E-state index >= 15 is 0 Å². The van der Waals surface area contributed by atoms with Gasteiger partial charge in [-0.1, -0.05) is 39.4 Å². The molecule has 76 heavy (non-hydrogen) atoms. The molecule has 0 aliphatic heterocycles. The van der Waals surface area contributed by atoms with E-state index in [0.29, 0.717) is 47.4 Å². The summed E-state index contributed by atoms with van der Waals surface area (Å²) in [4.78, 5) is 28.8. The summed E-state index contributed by atoms with van der Waals surface area (Å²) in [5.74, 6) is -0.414. The summed E-state index contributed by atoms with van der Waals surface area (Å²) in [6, 6.07) is 15.1. The largest absolute Gasteiger partial charge is 0.341 e. The molecule has 30 nitrogen and oxygen atoms in total. The molecule has 10 N–H and O–H groups in total. The van der Waals surface area contributed by atoms with E-state index in [-0.39, 0.29) is 85.1 Å². The second-order valence-corrected chi connectivity index (χ2v) is 22.2. The number of nitrogens with one attached hydrogen (secondary N) is 4. The van der Waals surface area contributed by atoms with Gasteiger partial charge in [0.2, 0.25) is 35.7 Å². The van der Waals surface area contributed by atoms with Gasteiger partial charge < -0.3 is 31.1 Å². The maximum Gasteiger partial charge on any atom is 0.296 e. The van der Waals surface area contributed by atoms with Gasteiger partial charge in [-0.25, -0.2) is 15.8 Å². The maximum atomic E-state index is 12.9. The molecule has 0 aliphatic carbocycles. The van der Waals surface area contributed by atoms with Gasteiger partial charge in [0.15, 0.2) is 0 Å². The number of nitrogens with zero attached hydrogens (tertiary/aromatic N) is 8. The minimum atomic E-state index is -4.94. The van der Waals surface area contributed by atoms with Crippen LogP contribution in [-0.4, -0.2) is 111 Å². The molecule has 0 aliphatic rings. The van der Waals surface area contributed by atoms with Crippen molar-refractivity contribution in [2.75, 3.05) is 45.2 Å². The lowest BCUT2D eigenvalue weighted by Crippen LogP contribution is -2.28. The molecule has 36 heteroatoms. The molecule has 408 valence electrons. The van der Waals surface area contributed by atoms with Crippen LogP contribution in [0.25, 0.3) is 12.2 Å². The smallest absolute Gasteiger partial charge is 0.296 e. The van der Waals surface area contributed by atoms with Gasteiger partial charge in [-0.3, -0.25) is 13.7 Å². The minimum absolute atomic E-state index is 0.0101. The van der Waals surface area contributed by atoms with Crippen molar-refractivity contribution < 1.29 is 82.8 Å². The summed E-state index contributed by atoms with van der Waals surface area (Å²) in [5.41, 5.74) is 0.487. The Morgan fingerprint density at radius 3 is 1.49 bits per heavy atom. The summed E-state index contributed by atoms with van der Waals surface area (Å²) in [6.07, 6.45) is 2.82. The van der Waals surface area contributed by atoms with E-state index in [9.17, 15) is 38.9 Å². The first kappa shape index (κ1) is 59.1. The first-order chi connectivity index (χ1) is 35.9. The molecule has 0 amide bonds. The van der Waals surface area contributed by atoms with Gasteiger partial charge in [-0.2, -0.15) is 55.2 Å². The van der Waals surface area contributed by atoms with Gasteiger partial charge in [-0.15, -0.1) is 13.0 Å². The molecule has 4 aromatic carbocycles. The topological polar surface area (TPSA) is 411 Å². The predicted molar refractivity (Wildman–Crippen MR) is 276 cm³/mol. The van der Waals surface area contributed by atoms with Crippen molar-refractivity contribution in [3.63, 3.8) is 0 Å². The zero-order chi connectivity index (χ0) is 55.5. The Bertz CT molecular complexity index is 3420. The summed E-state index contributed by atoms with van der Waals surface area (Å²) in [7, 11) is -11.1. The molecule has 6 rings (SSSR count). The third kappa shape index (κ3) is 16.2. The van der Waals surface area contributed by atoms with Gasteiger partial charge in [0.25, 0.3) is 30.4 Å². The summed E-state index contributed by atoms with van der Waals surface area (Å²) < 4.78 is 118. The third-order valence-electron chi connectivity index (χ3n) is 10.1. The van der Waals surface area contributed by atoms with Crippen molar-refractivity contribution in [3.8, 4) is 0 Å². The van der Waals surface area contributed by atoms with Crippen LogP contribution >= 0.6 is 36.1 Å². The van der Waals surface area contributed by atoms with E-state index in [0.717, 1.165) is 24.3 Å². The third-order valence-corrected chi connectivity index (χ3v) is 14.7. The molecule has 0 saturated carbocycles. The average molecular weight is 1170 g/mol. The fourth-order valence-corrected chi connectivity index (χ4v) is 9.27. The van der Waals surface area contributed by atoms with Crippen LogP contribution in [0.15, 0.2) is 102 Å². The van der Waals surface area contributed by atoms with Crippen molar-refractivity contribution in [2.45, 2.75) is 69.2 Å². The first-order valence-electron chi connectivity index (χ1n) is 21.0. The van der Waals surface area contributed by atoms with Crippen molar-refractivity contribution in [1.82, 2.24) is 29.9 Å². The van der Waals surface area contributed by atoms with Crippen molar-refractivity contribution in [2.24, 2.45) is 0 Å². The van der Waals surface area contributed by atoms with Crippen LogP contribution in [0.2, 0.25) is 0 Å². The molecule has 6 aromatic rings. The summed E-state index contributed by atoms with van der Waals surface area (Å²) >= 11 is 1.52. The molecule has 0 unspecified atom stereocenters. The number of hydrogen-bond donors (Lipinski definition) is 10.